The minimum Gasteiger partial charge on any atom is -0.495 e. The maximum absolute atomic E-state index is 13.1. The highest BCUT2D eigenvalue weighted by molar-refractivity contribution is 7.10. The van der Waals surface area contributed by atoms with Gasteiger partial charge in [-0.15, -0.1) is 11.3 Å². The van der Waals surface area contributed by atoms with Crippen LogP contribution in [0.25, 0.3) is 33.7 Å². The molecule has 0 unspecified atom stereocenters. The lowest BCUT2D eigenvalue weighted by Gasteiger charge is -2.16. The Bertz CT molecular complexity index is 1640. The number of hydrogen-bond donors (Lipinski definition) is 4. The Kier molecular flexibility index (Phi) is 5.42. The van der Waals surface area contributed by atoms with Crippen LogP contribution >= 0.6 is 11.3 Å². The number of carbonyl (C=O) groups excluding carboxylic acids is 2. The van der Waals surface area contributed by atoms with Gasteiger partial charge in [0.05, 0.1) is 24.8 Å². The summed E-state index contributed by atoms with van der Waals surface area (Å²) in [6.07, 6.45) is 5.72. The Hall–Kier alpha value is -4.56. The van der Waals surface area contributed by atoms with E-state index in [4.69, 9.17) is 4.74 Å². The van der Waals surface area contributed by atoms with Crippen molar-refractivity contribution < 1.29 is 14.3 Å². The SMILES string of the molecule is COc1cc[nH]c1/C=C1\C(=O)Nc2ccc(NC(=O)Cc3cccs3)c(-c3ccc4cc[nH]c4c3)c21. The largest absolute Gasteiger partial charge is 0.495 e. The number of H-pyrrole nitrogens is 2. The first-order valence-corrected chi connectivity index (χ1v) is 12.3. The number of ether oxygens (including phenoxy) is 1. The van der Waals surface area contributed by atoms with Gasteiger partial charge in [-0.1, -0.05) is 18.2 Å². The fourth-order valence-corrected chi connectivity index (χ4v) is 5.31. The molecule has 0 atom stereocenters. The predicted octanol–water partition coefficient (Wildman–Crippen LogP) is 5.91. The maximum Gasteiger partial charge on any atom is 0.256 e. The van der Waals surface area contributed by atoms with E-state index in [9.17, 15) is 9.59 Å². The first-order valence-electron chi connectivity index (χ1n) is 11.4. The lowest BCUT2D eigenvalue weighted by Crippen LogP contribution is -2.14. The van der Waals surface area contributed by atoms with E-state index < -0.39 is 0 Å². The van der Waals surface area contributed by atoms with Crippen LogP contribution in [0.15, 0.2) is 72.4 Å². The molecule has 6 rings (SSSR count). The molecule has 2 amide bonds. The van der Waals surface area contributed by atoms with Gasteiger partial charge in [0.15, 0.2) is 0 Å². The summed E-state index contributed by atoms with van der Waals surface area (Å²) in [5.74, 6) is 0.304. The molecule has 0 saturated heterocycles. The maximum atomic E-state index is 13.1. The van der Waals surface area contributed by atoms with Gasteiger partial charge in [0.2, 0.25) is 5.91 Å². The number of carbonyl (C=O) groups is 2. The standard InChI is InChI=1S/C28H22N4O3S/c1-35-24-9-11-30-23(24)15-19-27-21(32-28(19)34)7-6-20(31-25(33)14-18-3-2-12-36-18)26(27)17-5-4-16-8-10-29-22(16)13-17/h2-13,15,29-30H,14H2,1H3,(H,31,33)(H,32,34)/b19-15-. The smallest absolute Gasteiger partial charge is 0.256 e. The molecule has 0 spiro atoms. The number of fused-ring (bicyclic) bond motifs is 2. The summed E-state index contributed by atoms with van der Waals surface area (Å²) in [4.78, 5) is 33.5. The number of benzene rings is 2. The molecule has 8 heteroatoms. The third kappa shape index (κ3) is 3.87. The van der Waals surface area contributed by atoms with E-state index >= 15 is 0 Å². The van der Waals surface area contributed by atoms with E-state index in [1.807, 2.05) is 66.2 Å². The molecule has 5 aromatic rings. The fourth-order valence-electron chi connectivity index (χ4n) is 4.60. The summed E-state index contributed by atoms with van der Waals surface area (Å²) in [6.45, 7) is 0. The van der Waals surface area contributed by atoms with E-state index in [0.29, 0.717) is 28.4 Å². The highest BCUT2D eigenvalue weighted by atomic mass is 32.1. The fraction of sp³-hybridized carbons (Fsp3) is 0.0714. The zero-order chi connectivity index (χ0) is 24.6. The first kappa shape index (κ1) is 21.9. The number of hydrogen-bond acceptors (Lipinski definition) is 4. The van der Waals surface area contributed by atoms with Crippen molar-refractivity contribution in [1.29, 1.82) is 0 Å². The van der Waals surface area contributed by atoms with Gasteiger partial charge in [0, 0.05) is 45.3 Å². The Balaban J connectivity index is 1.52. The second-order valence-corrected chi connectivity index (χ2v) is 9.50. The second-order valence-electron chi connectivity index (χ2n) is 8.47. The molecular formula is C28H22N4O3S. The van der Waals surface area contributed by atoms with Crippen molar-refractivity contribution in [2.75, 3.05) is 17.7 Å². The van der Waals surface area contributed by atoms with Crippen LogP contribution in [0.3, 0.4) is 0 Å². The average Bonchev–Trinajstić information content (AvgIpc) is 3.67. The van der Waals surface area contributed by atoms with Crippen LogP contribution in [0.2, 0.25) is 0 Å². The summed E-state index contributed by atoms with van der Waals surface area (Å²) in [7, 11) is 1.59. The molecule has 4 heterocycles. The number of anilines is 2. The molecule has 1 aliphatic heterocycles. The molecule has 0 aliphatic carbocycles. The van der Waals surface area contributed by atoms with Crippen LogP contribution in [-0.4, -0.2) is 28.9 Å². The van der Waals surface area contributed by atoms with Crippen molar-refractivity contribution in [1.82, 2.24) is 9.97 Å². The van der Waals surface area contributed by atoms with Crippen molar-refractivity contribution in [3.63, 3.8) is 0 Å². The minimum atomic E-state index is -0.217. The number of nitrogens with one attached hydrogen (secondary N) is 4. The van der Waals surface area contributed by atoms with Crippen molar-refractivity contribution in [2.45, 2.75) is 6.42 Å². The zero-order valence-corrected chi connectivity index (χ0v) is 20.2. The van der Waals surface area contributed by atoms with Crippen LogP contribution in [-0.2, 0) is 16.0 Å². The molecular weight excluding hydrogens is 472 g/mol. The molecule has 2 aromatic carbocycles. The van der Waals surface area contributed by atoms with Crippen LogP contribution in [0.4, 0.5) is 11.4 Å². The average molecular weight is 495 g/mol. The van der Waals surface area contributed by atoms with Crippen molar-refractivity contribution in [3.8, 4) is 16.9 Å². The quantitative estimate of drug-likeness (QED) is 0.221. The zero-order valence-electron chi connectivity index (χ0n) is 19.3. The van der Waals surface area contributed by atoms with Gasteiger partial charge in [-0.2, -0.15) is 0 Å². The van der Waals surface area contributed by atoms with Crippen molar-refractivity contribution in [2.24, 2.45) is 0 Å². The lowest BCUT2D eigenvalue weighted by atomic mass is 9.92. The van der Waals surface area contributed by atoms with Gasteiger partial charge < -0.3 is 25.3 Å². The van der Waals surface area contributed by atoms with E-state index in [-0.39, 0.29) is 18.2 Å². The van der Waals surface area contributed by atoms with Crippen molar-refractivity contribution >= 4 is 57.1 Å². The van der Waals surface area contributed by atoms with Gasteiger partial charge in [0.25, 0.3) is 5.91 Å². The Morgan fingerprint density at radius 1 is 1.06 bits per heavy atom. The lowest BCUT2D eigenvalue weighted by molar-refractivity contribution is -0.115. The molecule has 4 N–H and O–H groups in total. The van der Waals surface area contributed by atoms with Crippen LogP contribution < -0.4 is 15.4 Å². The molecule has 1 aliphatic rings. The predicted molar refractivity (Wildman–Crippen MR) is 144 cm³/mol. The van der Waals surface area contributed by atoms with E-state index in [1.54, 1.807) is 30.7 Å². The summed E-state index contributed by atoms with van der Waals surface area (Å²) in [6, 6.07) is 17.4. The van der Waals surface area contributed by atoms with Gasteiger partial charge in [-0.3, -0.25) is 9.59 Å². The van der Waals surface area contributed by atoms with E-state index in [0.717, 1.165) is 32.5 Å². The van der Waals surface area contributed by atoms with Gasteiger partial charge >= 0.3 is 0 Å². The monoisotopic (exact) mass is 494 g/mol. The summed E-state index contributed by atoms with van der Waals surface area (Å²) in [5, 5.41) is 9.11. The number of thiophene rings is 1. The van der Waals surface area contributed by atoms with E-state index in [1.165, 1.54) is 0 Å². The number of rotatable bonds is 6. The third-order valence-electron chi connectivity index (χ3n) is 6.25. The van der Waals surface area contributed by atoms with Crippen LogP contribution in [0, 0.1) is 0 Å². The molecule has 178 valence electrons. The van der Waals surface area contributed by atoms with E-state index in [2.05, 4.69) is 20.6 Å². The normalized spacial score (nSPS) is 13.7. The van der Waals surface area contributed by atoms with Gasteiger partial charge in [-0.25, -0.2) is 0 Å². The van der Waals surface area contributed by atoms with Crippen LogP contribution in [0.5, 0.6) is 5.75 Å². The first-order chi connectivity index (χ1) is 17.6. The molecule has 36 heavy (non-hydrogen) atoms. The molecule has 0 saturated carbocycles. The summed E-state index contributed by atoms with van der Waals surface area (Å²) >= 11 is 1.55. The number of aromatic nitrogens is 2. The van der Waals surface area contributed by atoms with Crippen molar-refractivity contribution in [3.05, 3.63) is 88.5 Å². The Morgan fingerprint density at radius 2 is 1.94 bits per heavy atom. The minimum absolute atomic E-state index is 0.117. The topological polar surface area (TPSA) is 99.0 Å². The molecule has 7 nitrogen and oxygen atoms in total. The number of aromatic amines is 2. The van der Waals surface area contributed by atoms with Gasteiger partial charge in [-0.05, 0) is 58.8 Å². The second kappa shape index (κ2) is 8.90. The summed E-state index contributed by atoms with van der Waals surface area (Å²) < 4.78 is 5.43. The van der Waals surface area contributed by atoms with Gasteiger partial charge in [0.1, 0.15) is 5.75 Å². The Morgan fingerprint density at radius 3 is 2.78 bits per heavy atom. The third-order valence-corrected chi connectivity index (χ3v) is 7.12. The molecule has 0 radical (unpaired) electrons. The number of amides is 2. The Labute approximate surface area is 210 Å². The molecule has 0 fully saturated rings. The highest BCUT2D eigenvalue weighted by Crippen LogP contribution is 2.45. The summed E-state index contributed by atoms with van der Waals surface area (Å²) in [5.41, 5.74) is 5.87. The molecule has 0 bridgehead atoms. The number of methoxy groups -OCH3 is 1. The van der Waals surface area contributed by atoms with Crippen LogP contribution in [0.1, 0.15) is 16.1 Å². The molecule has 3 aromatic heterocycles. The highest BCUT2D eigenvalue weighted by Gasteiger charge is 2.30.